The van der Waals surface area contributed by atoms with E-state index in [9.17, 15) is 0 Å². The van der Waals surface area contributed by atoms with E-state index in [0.717, 1.165) is 26.0 Å². The van der Waals surface area contributed by atoms with Gasteiger partial charge in [-0.2, -0.15) is 0 Å². The van der Waals surface area contributed by atoms with E-state index >= 15 is 0 Å². The lowest BCUT2D eigenvalue weighted by Crippen LogP contribution is -2.35. The molecule has 1 N–H and O–H groups in total. The second-order valence-corrected chi connectivity index (χ2v) is 5.20. The van der Waals surface area contributed by atoms with Crippen molar-refractivity contribution >= 4 is 0 Å². The van der Waals surface area contributed by atoms with Crippen LogP contribution in [0.3, 0.4) is 0 Å². The van der Waals surface area contributed by atoms with Gasteiger partial charge in [-0.25, -0.2) is 0 Å². The molecule has 1 aliphatic carbocycles. The summed E-state index contributed by atoms with van der Waals surface area (Å²) in [6.07, 6.45) is 5.19. The van der Waals surface area contributed by atoms with Crippen LogP contribution in [0.1, 0.15) is 31.2 Å². The molecule has 0 aliphatic heterocycles. The van der Waals surface area contributed by atoms with Crippen LogP contribution in [0.15, 0.2) is 30.3 Å². The van der Waals surface area contributed by atoms with Crippen LogP contribution in [-0.4, -0.2) is 32.5 Å². The second kappa shape index (κ2) is 8.31. The van der Waals surface area contributed by atoms with Crippen LogP contribution in [0.5, 0.6) is 0 Å². The first-order valence-corrected chi connectivity index (χ1v) is 7.26. The molecular formula is C16H25NO2. The molecule has 3 heteroatoms. The topological polar surface area (TPSA) is 30.5 Å². The Bertz CT molecular complexity index is 334. The molecule has 3 nitrogen and oxygen atoms in total. The first-order chi connectivity index (χ1) is 9.38. The Morgan fingerprint density at radius 1 is 1.05 bits per heavy atom. The number of ether oxygens (including phenoxy) is 2. The summed E-state index contributed by atoms with van der Waals surface area (Å²) >= 11 is 0. The predicted octanol–water partition coefficient (Wildman–Crippen LogP) is 2.75. The minimum atomic E-state index is 0.435. The number of methoxy groups -OCH3 is 1. The van der Waals surface area contributed by atoms with Gasteiger partial charge in [0.2, 0.25) is 0 Å². The Kier molecular flexibility index (Phi) is 6.34. The molecule has 1 aromatic rings. The summed E-state index contributed by atoms with van der Waals surface area (Å²) in [6, 6.07) is 11.2. The van der Waals surface area contributed by atoms with E-state index in [1.165, 1.54) is 18.4 Å². The van der Waals surface area contributed by atoms with Crippen molar-refractivity contribution in [2.24, 2.45) is 0 Å². The van der Waals surface area contributed by atoms with Crippen molar-refractivity contribution in [2.45, 2.75) is 44.4 Å². The maximum atomic E-state index is 5.78. The molecule has 0 aromatic heterocycles. The van der Waals surface area contributed by atoms with E-state index in [2.05, 4.69) is 35.6 Å². The summed E-state index contributed by atoms with van der Waals surface area (Å²) in [5.74, 6) is 0. The largest absolute Gasteiger partial charge is 0.382 e. The van der Waals surface area contributed by atoms with Gasteiger partial charge in [0.1, 0.15) is 0 Å². The van der Waals surface area contributed by atoms with Gasteiger partial charge < -0.3 is 14.8 Å². The van der Waals surface area contributed by atoms with Gasteiger partial charge in [-0.1, -0.05) is 30.3 Å². The summed E-state index contributed by atoms with van der Waals surface area (Å²) < 4.78 is 10.8. The molecule has 0 amide bonds. The van der Waals surface area contributed by atoms with E-state index in [0.29, 0.717) is 18.8 Å². The van der Waals surface area contributed by atoms with Gasteiger partial charge in [0.05, 0.1) is 19.3 Å². The minimum absolute atomic E-state index is 0.435. The van der Waals surface area contributed by atoms with E-state index in [1.807, 2.05) is 0 Å². The van der Waals surface area contributed by atoms with E-state index in [1.54, 1.807) is 7.11 Å². The normalized spacial score (nSPS) is 23.4. The summed E-state index contributed by atoms with van der Waals surface area (Å²) in [5, 5.41) is 3.65. The van der Waals surface area contributed by atoms with Gasteiger partial charge in [-0.15, -0.1) is 0 Å². The highest BCUT2D eigenvalue weighted by Gasteiger charge is 2.20. The average Bonchev–Trinajstić information content (AvgIpc) is 2.48. The second-order valence-electron chi connectivity index (χ2n) is 5.20. The first-order valence-electron chi connectivity index (χ1n) is 7.26. The van der Waals surface area contributed by atoms with Gasteiger partial charge in [0, 0.05) is 19.7 Å². The molecule has 1 aromatic carbocycles. The molecule has 0 heterocycles. The highest BCUT2D eigenvalue weighted by Crippen LogP contribution is 2.21. The Morgan fingerprint density at radius 3 is 2.47 bits per heavy atom. The third-order valence-electron chi connectivity index (χ3n) is 3.75. The number of hydrogen-bond donors (Lipinski definition) is 1. The van der Waals surface area contributed by atoms with Crippen molar-refractivity contribution in [3.05, 3.63) is 35.9 Å². The van der Waals surface area contributed by atoms with Crippen molar-refractivity contribution < 1.29 is 9.47 Å². The zero-order valence-electron chi connectivity index (χ0n) is 11.8. The van der Waals surface area contributed by atoms with Gasteiger partial charge in [0.15, 0.2) is 0 Å². The lowest BCUT2D eigenvalue weighted by Gasteiger charge is -2.29. The lowest BCUT2D eigenvalue weighted by molar-refractivity contribution is -0.00432. The Balaban J connectivity index is 1.61. The minimum Gasteiger partial charge on any atom is -0.382 e. The summed E-state index contributed by atoms with van der Waals surface area (Å²) in [7, 11) is 1.72. The van der Waals surface area contributed by atoms with Crippen LogP contribution >= 0.6 is 0 Å². The monoisotopic (exact) mass is 263 g/mol. The zero-order chi connectivity index (χ0) is 13.3. The fraction of sp³-hybridized carbons (Fsp3) is 0.625. The van der Waals surface area contributed by atoms with Crippen LogP contribution in [0, 0.1) is 0 Å². The first kappa shape index (κ1) is 14.5. The molecule has 0 saturated heterocycles. The van der Waals surface area contributed by atoms with Gasteiger partial charge >= 0.3 is 0 Å². The van der Waals surface area contributed by atoms with E-state index in [4.69, 9.17) is 9.47 Å². The molecule has 1 fully saturated rings. The van der Waals surface area contributed by atoms with Crippen LogP contribution in [0.2, 0.25) is 0 Å². The maximum absolute atomic E-state index is 5.78. The number of hydrogen-bond acceptors (Lipinski definition) is 3. The fourth-order valence-electron chi connectivity index (χ4n) is 2.59. The van der Waals surface area contributed by atoms with Crippen LogP contribution in [0.25, 0.3) is 0 Å². The van der Waals surface area contributed by atoms with Crippen molar-refractivity contribution in [1.29, 1.82) is 0 Å². The Labute approximate surface area is 116 Å². The Hall–Kier alpha value is -0.900. The van der Waals surface area contributed by atoms with Crippen LogP contribution in [-0.2, 0) is 16.0 Å². The molecule has 106 valence electrons. The van der Waals surface area contributed by atoms with Crippen molar-refractivity contribution in [3.63, 3.8) is 0 Å². The van der Waals surface area contributed by atoms with Gasteiger partial charge in [-0.05, 0) is 31.2 Å². The van der Waals surface area contributed by atoms with Crippen molar-refractivity contribution in [2.75, 3.05) is 20.3 Å². The zero-order valence-corrected chi connectivity index (χ0v) is 11.8. The Morgan fingerprint density at radius 2 is 1.79 bits per heavy atom. The highest BCUT2D eigenvalue weighted by atomic mass is 16.5. The van der Waals surface area contributed by atoms with Gasteiger partial charge in [-0.3, -0.25) is 0 Å². The number of nitrogens with one attached hydrogen (secondary N) is 1. The fourth-order valence-corrected chi connectivity index (χ4v) is 2.59. The average molecular weight is 263 g/mol. The SMILES string of the molecule is COCCOC1CCC(NCc2ccccc2)CC1. The van der Waals surface area contributed by atoms with Crippen LogP contribution in [0.4, 0.5) is 0 Å². The lowest BCUT2D eigenvalue weighted by atomic mass is 9.93. The molecule has 0 spiro atoms. The smallest absolute Gasteiger partial charge is 0.0704 e. The number of rotatable bonds is 7. The molecule has 2 rings (SSSR count). The molecule has 1 aliphatic rings. The maximum Gasteiger partial charge on any atom is 0.0704 e. The molecule has 1 saturated carbocycles. The quantitative estimate of drug-likeness (QED) is 0.767. The summed E-state index contributed by atoms with van der Waals surface area (Å²) in [6.45, 7) is 2.40. The standard InChI is InChI=1S/C16H25NO2/c1-18-11-12-19-16-9-7-15(8-10-16)17-13-14-5-3-2-4-6-14/h2-6,15-17H,7-13H2,1H3. The third kappa shape index (κ3) is 5.31. The molecule has 0 bridgehead atoms. The molecule has 0 atom stereocenters. The number of benzene rings is 1. The molecule has 0 radical (unpaired) electrons. The van der Waals surface area contributed by atoms with Crippen molar-refractivity contribution in [3.8, 4) is 0 Å². The molecule has 19 heavy (non-hydrogen) atoms. The van der Waals surface area contributed by atoms with Crippen molar-refractivity contribution in [1.82, 2.24) is 5.32 Å². The van der Waals surface area contributed by atoms with Gasteiger partial charge in [0.25, 0.3) is 0 Å². The van der Waals surface area contributed by atoms with Crippen LogP contribution < -0.4 is 5.32 Å². The van der Waals surface area contributed by atoms with E-state index in [-0.39, 0.29) is 0 Å². The predicted molar refractivity (Wildman–Crippen MR) is 77.2 cm³/mol. The summed E-state index contributed by atoms with van der Waals surface area (Å²) in [5.41, 5.74) is 1.36. The van der Waals surface area contributed by atoms with E-state index < -0.39 is 0 Å². The summed E-state index contributed by atoms with van der Waals surface area (Å²) in [4.78, 5) is 0. The molecular weight excluding hydrogens is 238 g/mol. The molecule has 0 unspecified atom stereocenters. The third-order valence-corrected chi connectivity index (χ3v) is 3.75. The highest BCUT2D eigenvalue weighted by molar-refractivity contribution is 5.14.